The van der Waals surface area contributed by atoms with E-state index in [0.717, 1.165) is 32.6 Å². The fourth-order valence-electron chi connectivity index (χ4n) is 1.83. The average Bonchev–Trinajstić information content (AvgIpc) is 2.29. The van der Waals surface area contributed by atoms with Crippen molar-refractivity contribution in [2.24, 2.45) is 0 Å². The van der Waals surface area contributed by atoms with E-state index < -0.39 is 0 Å². The van der Waals surface area contributed by atoms with Crippen LogP contribution in [0.25, 0.3) is 0 Å². The molecule has 4 nitrogen and oxygen atoms in total. The van der Waals surface area contributed by atoms with Crippen molar-refractivity contribution in [2.45, 2.75) is 26.3 Å². The molecule has 1 aliphatic rings. The van der Waals surface area contributed by atoms with Gasteiger partial charge >= 0.3 is 0 Å². The summed E-state index contributed by atoms with van der Waals surface area (Å²) >= 11 is 0. The Kier molecular flexibility index (Phi) is 5.05. The molecule has 0 spiro atoms. The topological polar surface area (TPSA) is 35.6 Å². The molecule has 88 valence electrons. The molecule has 1 aliphatic heterocycles. The van der Waals surface area contributed by atoms with Gasteiger partial charge in [0.15, 0.2) is 0 Å². The molecule has 0 unspecified atom stereocenters. The zero-order valence-corrected chi connectivity index (χ0v) is 10.1. The maximum atomic E-state index is 11.5. The molecular formula is C11H23N3O. The van der Waals surface area contributed by atoms with Gasteiger partial charge in [-0.15, -0.1) is 0 Å². The minimum absolute atomic E-state index is 0.148. The van der Waals surface area contributed by atoms with Gasteiger partial charge in [0.2, 0.25) is 5.91 Å². The van der Waals surface area contributed by atoms with Gasteiger partial charge in [0.05, 0.1) is 6.54 Å². The minimum atomic E-state index is 0.148. The molecule has 0 saturated carbocycles. The van der Waals surface area contributed by atoms with E-state index in [1.807, 2.05) is 13.8 Å². The summed E-state index contributed by atoms with van der Waals surface area (Å²) in [6, 6.07) is 0.243. The van der Waals surface area contributed by atoms with Crippen LogP contribution in [0.15, 0.2) is 0 Å². The number of amides is 1. The molecule has 0 aromatic rings. The van der Waals surface area contributed by atoms with Crippen LogP contribution < -0.4 is 5.32 Å². The van der Waals surface area contributed by atoms with Gasteiger partial charge in [0.25, 0.3) is 0 Å². The lowest BCUT2D eigenvalue weighted by molar-refractivity contribution is -0.122. The number of rotatable bonds is 3. The Bertz CT molecular complexity index is 206. The first-order chi connectivity index (χ1) is 7.08. The minimum Gasteiger partial charge on any atom is -0.353 e. The second kappa shape index (κ2) is 6.08. The number of carbonyl (C=O) groups excluding carboxylic acids is 1. The first-order valence-electron chi connectivity index (χ1n) is 5.78. The van der Waals surface area contributed by atoms with Crippen molar-refractivity contribution in [1.82, 2.24) is 15.1 Å². The smallest absolute Gasteiger partial charge is 0.234 e. The molecule has 1 rings (SSSR count). The molecule has 0 aromatic heterocycles. The average molecular weight is 213 g/mol. The maximum Gasteiger partial charge on any atom is 0.234 e. The molecule has 1 amide bonds. The van der Waals surface area contributed by atoms with Gasteiger partial charge in [0.1, 0.15) is 0 Å². The summed E-state index contributed by atoms with van der Waals surface area (Å²) in [5.41, 5.74) is 0. The zero-order chi connectivity index (χ0) is 11.3. The lowest BCUT2D eigenvalue weighted by atomic mass is 10.3. The van der Waals surface area contributed by atoms with Crippen LogP contribution in [0, 0.1) is 0 Å². The molecule has 1 N–H and O–H groups in total. The fraction of sp³-hybridized carbons (Fsp3) is 0.909. The largest absolute Gasteiger partial charge is 0.353 e. The van der Waals surface area contributed by atoms with Gasteiger partial charge in [-0.3, -0.25) is 9.69 Å². The molecule has 4 heteroatoms. The quantitative estimate of drug-likeness (QED) is 0.725. The van der Waals surface area contributed by atoms with Crippen molar-refractivity contribution in [3.63, 3.8) is 0 Å². The number of carbonyl (C=O) groups is 1. The summed E-state index contributed by atoms with van der Waals surface area (Å²) in [5, 5.41) is 2.93. The summed E-state index contributed by atoms with van der Waals surface area (Å²) < 4.78 is 0. The first-order valence-corrected chi connectivity index (χ1v) is 5.78. The van der Waals surface area contributed by atoms with E-state index in [9.17, 15) is 4.79 Å². The number of nitrogens with zero attached hydrogens (tertiary/aromatic N) is 2. The Labute approximate surface area is 92.6 Å². The molecule has 1 fully saturated rings. The first kappa shape index (κ1) is 12.5. The third kappa shape index (κ3) is 5.14. The van der Waals surface area contributed by atoms with Crippen LogP contribution in [0.1, 0.15) is 20.3 Å². The van der Waals surface area contributed by atoms with E-state index >= 15 is 0 Å². The zero-order valence-electron chi connectivity index (χ0n) is 10.1. The van der Waals surface area contributed by atoms with Crippen molar-refractivity contribution in [3.8, 4) is 0 Å². The molecule has 1 heterocycles. The third-order valence-corrected chi connectivity index (χ3v) is 2.63. The van der Waals surface area contributed by atoms with Crippen LogP contribution in [0.4, 0.5) is 0 Å². The Morgan fingerprint density at radius 2 is 2.00 bits per heavy atom. The number of hydrogen-bond acceptors (Lipinski definition) is 3. The van der Waals surface area contributed by atoms with Gasteiger partial charge < -0.3 is 10.2 Å². The monoisotopic (exact) mass is 213 g/mol. The van der Waals surface area contributed by atoms with Crippen LogP contribution in [-0.2, 0) is 4.79 Å². The maximum absolute atomic E-state index is 11.5. The predicted octanol–water partition coefficient (Wildman–Crippen LogP) is 0.149. The standard InChI is InChI=1S/C11H23N3O/c1-10(2)12-11(15)9-14-6-4-5-13(3)7-8-14/h10H,4-9H2,1-3H3,(H,12,15). The van der Waals surface area contributed by atoms with Crippen molar-refractivity contribution < 1.29 is 4.79 Å². The molecule has 1 saturated heterocycles. The number of hydrogen-bond donors (Lipinski definition) is 1. The SMILES string of the molecule is CC(C)NC(=O)CN1CCCN(C)CC1. The lowest BCUT2D eigenvalue weighted by Gasteiger charge is -2.20. The van der Waals surface area contributed by atoms with Gasteiger partial charge in [-0.1, -0.05) is 0 Å². The van der Waals surface area contributed by atoms with E-state index in [0.29, 0.717) is 6.54 Å². The summed E-state index contributed by atoms with van der Waals surface area (Å²) in [7, 11) is 2.14. The van der Waals surface area contributed by atoms with Crippen LogP contribution in [-0.4, -0.2) is 61.5 Å². The Morgan fingerprint density at radius 1 is 1.27 bits per heavy atom. The van der Waals surface area contributed by atoms with Gasteiger partial charge in [-0.2, -0.15) is 0 Å². The van der Waals surface area contributed by atoms with E-state index in [4.69, 9.17) is 0 Å². The van der Waals surface area contributed by atoms with Crippen molar-refractivity contribution in [2.75, 3.05) is 39.8 Å². The highest BCUT2D eigenvalue weighted by molar-refractivity contribution is 5.78. The highest BCUT2D eigenvalue weighted by atomic mass is 16.2. The Balaban J connectivity index is 2.28. The van der Waals surface area contributed by atoms with E-state index in [1.54, 1.807) is 0 Å². The molecule has 0 bridgehead atoms. The lowest BCUT2D eigenvalue weighted by Crippen LogP contribution is -2.41. The summed E-state index contributed by atoms with van der Waals surface area (Å²) in [4.78, 5) is 16.1. The van der Waals surface area contributed by atoms with Crippen LogP contribution in [0.5, 0.6) is 0 Å². The molecule has 0 aromatic carbocycles. The fourth-order valence-corrected chi connectivity index (χ4v) is 1.83. The Hall–Kier alpha value is -0.610. The molecule has 15 heavy (non-hydrogen) atoms. The van der Waals surface area contributed by atoms with Crippen LogP contribution in [0.3, 0.4) is 0 Å². The normalized spacial score (nSPS) is 20.3. The van der Waals surface area contributed by atoms with Gasteiger partial charge in [-0.05, 0) is 40.4 Å². The highest BCUT2D eigenvalue weighted by Gasteiger charge is 2.14. The second-order valence-corrected chi connectivity index (χ2v) is 4.66. The number of nitrogens with one attached hydrogen (secondary N) is 1. The predicted molar refractivity (Wildman–Crippen MR) is 61.8 cm³/mol. The van der Waals surface area contributed by atoms with Crippen molar-refractivity contribution >= 4 is 5.91 Å². The van der Waals surface area contributed by atoms with Crippen molar-refractivity contribution in [3.05, 3.63) is 0 Å². The number of likely N-dealkylation sites (N-methyl/N-ethyl adjacent to an activating group) is 1. The summed E-state index contributed by atoms with van der Waals surface area (Å²) in [6.45, 7) is 8.78. The molecule has 0 radical (unpaired) electrons. The van der Waals surface area contributed by atoms with Crippen LogP contribution >= 0.6 is 0 Å². The molecular weight excluding hydrogens is 190 g/mol. The molecule has 0 atom stereocenters. The third-order valence-electron chi connectivity index (χ3n) is 2.63. The molecule has 0 aliphatic carbocycles. The van der Waals surface area contributed by atoms with Gasteiger partial charge in [0, 0.05) is 19.1 Å². The highest BCUT2D eigenvalue weighted by Crippen LogP contribution is 2.00. The Morgan fingerprint density at radius 3 is 2.67 bits per heavy atom. The van der Waals surface area contributed by atoms with E-state index in [1.165, 1.54) is 0 Å². The summed E-state index contributed by atoms with van der Waals surface area (Å²) in [5.74, 6) is 0.148. The van der Waals surface area contributed by atoms with E-state index in [-0.39, 0.29) is 11.9 Å². The van der Waals surface area contributed by atoms with Crippen LogP contribution in [0.2, 0.25) is 0 Å². The summed E-state index contributed by atoms with van der Waals surface area (Å²) in [6.07, 6.45) is 1.16. The second-order valence-electron chi connectivity index (χ2n) is 4.66. The van der Waals surface area contributed by atoms with Crippen molar-refractivity contribution in [1.29, 1.82) is 0 Å². The van der Waals surface area contributed by atoms with Gasteiger partial charge in [-0.25, -0.2) is 0 Å². The van der Waals surface area contributed by atoms with E-state index in [2.05, 4.69) is 22.2 Å².